The molecular weight excluding hydrogens is 302 g/mol. The van der Waals surface area contributed by atoms with Crippen LogP contribution in [-0.4, -0.2) is 25.7 Å². The minimum atomic E-state index is -0.284. The molecule has 2 aromatic heterocycles. The fourth-order valence-electron chi connectivity index (χ4n) is 5.89. The second-order valence-electron chi connectivity index (χ2n) is 7.97. The Morgan fingerprint density at radius 2 is 2.04 bits per heavy atom. The van der Waals surface area contributed by atoms with Gasteiger partial charge in [-0.3, -0.25) is 4.79 Å². The molecule has 6 nitrogen and oxygen atoms in total. The van der Waals surface area contributed by atoms with Crippen molar-refractivity contribution < 1.29 is 4.79 Å². The molecule has 2 atom stereocenters. The number of rotatable bonds is 3. The zero-order chi connectivity index (χ0) is 16.2. The van der Waals surface area contributed by atoms with Gasteiger partial charge in [0.05, 0.1) is 11.0 Å². The molecule has 124 valence electrons. The number of carbonyl (C=O) groups is 1. The topological polar surface area (TPSA) is 72.7 Å². The van der Waals surface area contributed by atoms with Crippen LogP contribution in [0.3, 0.4) is 0 Å². The summed E-state index contributed by atoms with van der Waals surface area (Å²) in [6.07, 6.45) is 11.5. The lowest BCUT2D eigenvalue weighted by molar-refractivity contribution is -0.150. The highest BCUT2D eigenvalue weighted by atomic mass is 16.2. The number of aromatic nitrogens is 4. The molecule has 2 aromatic rings. The first kappa shape index (κ1) is 14.1. The Balaban J connectivity index is 1.48. The maximum absolute atomic E-state index is 13.2. The number of nitrogens with zero attached hydrogens (tertiary/aromatic N) is 4. The molecule has 1 N–H and O–H groups in total. The van der Waals surface area contributed by atoms with Crippen molar-refractivity contribution in [3.8, 4) is 0 Å². The molecule has 0 spiro atoms. The fourth-order valence-corrected chi connectivity index (χ4v) is 5.89. The van der Waals surface area contributed by atoms with Crippen molar-refractivity contribution in [1.29, 1.82) is 0 Å². The first-order valence-electron chi connectivity index (χ1n) is 8.75. The quantitative estimate of drug-likeness (QED) is 0.942. The molecule has 4 aliphatic rings. The van der Waals surface area contributed by atoms with E-state index in [9.17, 15) is 4.79 Å². The van der Waals surface area contributed by atoms with Crippen LogP contribution in [0, 0.1) is 17.3 Å². The molecular formula is C18H21N5O. The summed E-state index contributed by atoms with van der Waals surface area (Å²) in [6, 6.07) is 5.62. The molecule has 6 heteroatoms. The van der Waals surface area contributed by atoms with E-state index in [0.29, 0.717) is 17.7 Å². The molecule has 0 aromatic carbocycles. The molecule has 4 saturated carbocycles. The van der Waals surface area contributed by atoms with Gasteiger partial charge in [-0.2, -0.15) is 5.10 Å². The van der Waals surface area contributed by atoms with Crippen LogP contribution in [0.5, 0.6) is 0 Å². The summed E-state index contributed by atoms with van der Waals surface area (Å²) in [6.45, 7) is 0. The zero-order valence-electron chi connectivity index (χ0n) is 13.6. The van der Waals surface area contributed by atoms with Crippen molar-refractivity contribution >= 4 is 11.7 Å². The van der Waals surface area contributed by atoms with Gasteiger partial charge >= 0.3 is 0 Å². The van der Waals surface area contributed by atoms with Gasteiger partial charge in [-0.1, -0.05) is 6.07 Å². The maximum atomic E-state index is 13.2. The Hall–Kier alpha value is -2.24. The molecule has 24 heavy (non-hydrogen) atoms. The van der Waals surface area contributed by atoms with Crippen molar-refractivity contribution in [1.82, 2.24) is 19.7 Å². The average molecular weight is 323 g/mol. The highest BCUT2D eigenvalue weighted by molar-refractivity contribution is 5.95. The number of amides is 1. The summed E-state index contributed by atoms with van der Waals surface area (Å²) in [5.41, 5.74) is -0.310. The first-order chi connectivity index (χ1) is 11.7. The van der Waals surface area contributed by atoms with E-state index < -0.39 is 0 Å². The average Bonchev–Trinajstić information content (AvgIpc) is 3.10. The number of carbonyl (C=O) groups excluding carboxylic acids is 1. The van der Waals surface area contributed by atoms with Crippen LogP contribution in [0.1, 0.15) is 38.5 Å². The fraction of sp³-hybridized carbons (Fsp3) is 0.556. The van der Waals surface area contributed by atoms with Gasteiger partial charge in [0.15, 0.2) is 0 Å². The Morgan fingerprint density at radius 3 is 2.71 bits per heavy atom. The normalized spacial score (nSPS) is 36.7. The molecule has 0 radical (unpaired) electrons. The number of pyridine rings is 1. The number of nitrogens with one attached hydrogen (secondary N) is 1. The summed E-state index contributed by atoms with van der Waals surface area (Å²) < 4.78 is 2.03. The molecule has 0 saturated heterocycles. The van der Waals surface area contributed by atoms with Crippen LogP contribution in [0.15, 0.2) is 37.1 Å². The van der Waals surface area contributed by atoms with Crippen molar-refractivity contribution in [3.63, 3.8) is 0 Å². The minimum Gasteiger partial charge on any atom is -0.310 e. The van der Waals surface area contributed by atoms with Crippen LogP contribution >= 0.6 is 0 Å². The van der Waals surface area contributed by atoms with E-state index in [1.54, 1.807) is 12.5 Å². The molecule has 4 bridgehead atoms. The summed E-state index contributed by atoms with van der Waals surface area (Å²) in [5, 5.41) is 7.51. The molecule has 4 fully saturated rings. The number of hydrogen-bond donors (Lipinski definition) is 1. The van der Waals surface area contributed by atoms with Crippen LogP contribution < -0.4 is 5.32 Å². The van der Waals surface area contributed by atoms with Crippen molar-refractivity contribution in [3.05, 3.63) is 37.1 Å². The van der Waals surface area contributed by atoms with E-state index in [0.717, 1.165) is 32.1 Å². The first-order valence-corrected chi connectivity index (χ1v) is 8.75. The standard InChI is InChI=1S/C18H21N5O/c24-16(22-15-3-1-2-4-20-15)17-6-13-5-14(7-17)9-18(8-13,10-17)23-12-19-11-21-23/h1-4,11-14H,5-10H2,(H,20,22,24)/t13-,14-,17?,18?/m0/s1. The van der Waals surface area contributed by atoms with Crippen LogP contribution in [0.4, 0.5) is 5.82 Å². The Bertz CT molecular complexity index is 743. The van der Waals surface area contributed by atoms with Gasteiger partial charge < -0.3 is 5.32 Å². The van der Waals surface area contributed by atoms with Gasteiger partial charge in [-0.25, -0.2) is 14.6 Å². The summed E-state index contributed by atoms with van der Waals surface area (Å²) in [7, 11) is 0. The third-order valence-electron chi connectivity index (χ3n) is 6.32. The SMILES string of the molecule is O=C(Nc1ccccn1)C12C[C@@H]3C[C@@H](C1)CC(n1cncn1)(C3)C2. The molecule has 0 aliphatic heterocycles. The number of hydrogen-bond acceptors (Lipinski definition) is 4. The van der Waals surface area contributed by atoms with Gasteiger partial charge in [0, 0.05) is 6.20 Å². The predicted octanol–water partition coefficient (Wildman–Crippen LogP) is 2.61. The van der Waals surface area contributed by atoms with E-state index in [4.69, 9.17) is 0 Å². The van der Waals surface area contributed by atoms with Gasteiger partial charge in [0.2, 0.25) is 5.91 Å². The molecule has 4 aliphatic carbocycles. The van der Waals surface area contributed by atoms with Gasteiger partial charge in [-0.15, -0.1) is 0 Å². The third-order valence-corrected chi connectivity index (χ3v) is 6.32. The Labute approximate surface area is 140 Å². The highest BCUT2D eigenvalue weighted by Gasteiger charge is 2.61. The van der Waals surface area contributed by atoms with E-state index in [-0.39, 0.29) is 16.9 Å². The van der Waals surface area contributed by atoms with Gasteiger partial charge in [0.1, 0.15) is 18.5 Å². The Morgan fingerprint density at radius 1 is 1.21 bits per heavy atom. The monoisotopic (exact) mass is 323 g/mol. The molecule has 2 heterocycles. The van der Waals surface area contributed by atoms with E-state index in [1.165, 1.54) is 6.42 Å². The maximum Gasteiger partial charge on any atom is 0.231 e. The summed E-state index contributed by atoms with van der Waals surface area (Å²) in [4.78, 5) is 21.6. The van der Waals surface area contributed by atoms with Gasteiger partial charge in [0.25, 0.3) is 0 Å². The van der Waals surface area contributed by atoms with Crippen molar-refractivity contribution in [2.24, 2.45) is 17.3 Å². The molecule has 0 unspecified atom stereocenters. The highest BCUT2D eigenvalue weighted by Crippen LogP contribution is 2.64. The number of anilines is 1. The van der Waals surface area contributed by atoms with Crippen molar-refractivity contribution in [2.75, 3.05) is 5.32 Å². The summed E-state index contributed by atoms with van der Waals surface area (Å²) >= 11 is 0. The summed E-state index contributed by atoms with van der Waals surface area (Å²) in [5.74, 6) is 2.02. The lowest BCUT2D eigenvalue weighted by Crippen LogP contribution is -2.60. The van der Waals surface area contributed by atoms with E-state index in [1.807, 2.05) is 29.2 Å². The lowest BCUT2D eigenvalue weighted by Gasteiger charge is -2.60. The molecule has 6 rings (SSSR count). The second-order valence-corrected chi connectivity index (χ2v) is 7.97. The molecule has 1 amide bonds. The van der Waals surface area contributed by atoms with Crippen LogP contribution in [0.2, 0.25) is 0 Å². The van der Waals surface area contributed by atoms with E-state index in [2.05, 4.69) is 20.4 Å². The lowest BCUT2D eigenvalue weighted by atomic mass is 9.46. The van der Waals surface area contributed by atoms with Gasteiger partial charge in [-0.05, 0) is 62.5 Å². The second kappa shape index (κ2) is 4.88. The van der Waals surface area contributed by atoms with E-state index >= 15 is 0 Å². The minimum absolute atomic E-state index is 0.0258. The Kier molecular flexibility index (Phi) is 2.87. The van der Waals surface area contributed by atoms with Crippen LogP contribution in [0.25, 0.3) is 0 Å². The van der Waals surface area contributed by atoms with Crippen molar-refractivity contribution in [2.45, 2.75) is 44.1 Å². The predicted molar refractivity (Wildman–Crippen MR) is 88.0 cm³/mol. The third kappa shape index (κ3) is 2.01. The largest absolute Gasteiger partial charge is 0.310 e. The van der Waals surface area contributed by atoms with Crippen LogP contribution in [-0.2, 0) is 10.3 Å². The zero-order valence-corrected chi connectivity index (χ0v) is 13.6. The smallest absolute Gasteiger partial charge is 0.231 e.